The Labute approximate surface area is 453 Å². The molecule has 15 heteroatoms. The number of halogens is 3. The van der Waals surface area contributed by atoms with Gasteiger partial charge in [-0.25, -0.2) is 0 Å². The van der Waals surface area contributed by atoms with Crippen molar-refractivity contribution in [2.75, 3.05) is 33.0 Å². The van der Waals surface area contributed by atoms with Gasteiger partial charge in [-0.15, -0.1) is 27.6 Å². The zero-order valence-electron chi connectivity index (χ0n) is 35.4. The van der Waals surface area contributed by atoms with Crippen LogP contribution in [0.4, 0.5) is 0 Å². The summed E-state index contributed by atoms with van der Waals surface area (Å²) in [5.74, 6) is 1.77. The third-order valence-electron chi connectivity index (χ3n) is 6.78. The largest absolute Gasteiger partial charge is 2.00 e. The van der Waals surface area contributed by atoms with E-state index < -0.39 is 8.80 Å². The van der Waals surface area contributed by atoms with Crippen LogP contribution in [-0.2, 0) is 38.7 Å². The smallest absolute Gasteiger partial charge is 1.00 e. The summed E-state index contributed by atoms with van der Waals surface area (Å²) in [6.07, 6.45) is 3.37. The maximum absolute atomic E-state index is 5.35. The summed E-state index contributed by atoms with van der Waals surface area (Å²) in [6, 6.07) is 53.9. The zero-order chi connectivity index (χ0) is 42.1. The van der Waals surface area contributed by atoms with Gasteiger partial charge in [0.1, 0.15) is 0 Å². The van der Waals surface area contributed by atoms with E-state index in [9.17, 15) is 0 Å². The van der Waals surface area contributed by atoms with Crippen LogP contribution in [0.25, 0.3) is 0 Å². The number of aryl methyl sites for hydroxylation is 2. The molecule has 0 aliphatic heterocycles. The minimum Gasteiger partial charge on any atom is -1.00 e. The number of benzene rings is 5. The van der Waals surface area contributed by atoms with Crippen molar-refractivity contribution in [3.05, 3.63) is 180 Å². The van der Waals surface area contributed by atoms with E-state index in [4.69, 9.17) is 61.9 Å². The van der Waals surface area contributed by atoms with Crippen molar-refractivity contribution in [2.24, 2.45) is 0 Å². The summed E-state index contributed by atoms with van der Waals surface area (Å²) in [5, 5.41) is 0. The Morgan fingerprint density at radius 1 is 0.633 bits per heavy atom. The molecule has 0 fully saturated rings. The minimum atomic E-state index is -2.40. The Morgan fingerprint density at radius 2 is 0.967 bits per heavy atom. The van der Waals surface area contributed by atoms with Crippen LogP contribution in [0.2, 0.25) is 6.04 Å². The van der Waals surface area contributed by atoms with Gasteiger partial charge in [-0.2, -0.15) is 36.4 Å². The first kappa shape index (κ1) is 71.6. The third kappa shape index (κ3) is 41.9. The normalized spacial score (nSPS) is 8.65. The second-order valence-corrected chi connectivity index (χ2v) is 18.0. The molecule has 0 heterocycles. The first-order valence-electron chi connectivity index (χ1n) is 17.9. The number of thiocarbonyl (C=S) groups is 4. The average Bonchev–Trinajstić information content (AvgIpc) is 3.25. The van der Waals surface area contributed by atoms with Gasteiger partial charge in [0.25, 0.3) is 0 Å². The minimum absolute atomic E-state index is 0. The van der Waals surface area contributed by atoms with Gasteiger partial charge in [-0.1, -0.05) is 161 Å². The molecule has 5 rings (SSSR count). The quantitative estimate of drug-likeness (QED) is 0.0468. The Bertz CT molecular complexity index is 1620. The summed E-state index contributed by atoms with van der Waals surface area (Å²) in [6.45, 7) is 6.20. The summed E-state index contributed by atoms with van der Waals surface area (Å²) >= 11 is 29.4. The van der Waals surface area contributed by atoms with Crippen molar-refractivity contribution in [2.45, 2.75) is 46.1 Å². The summed E-state index contributed by atoms with van der Waals surface area (Å²) in [4.78, 5) is 0. The van der Waals surface area contributed by atoms with E-state index in [0.717, 1.165) is 39.4 Å². The molecule has 0 N–H and O–H groups in total. The predicted molar refractivity (Wildman–Crippen MR) is 277 cm³/mol. The van der Waals surface area contributed by atoms with E-state index in [0.29, 0.717) is 4.20 Å². The van der Waals surface area contributed by atoms with E-state index in [1.807, 2.05) is 120 Å². The van der Waals surface area contributed by atoms with Crippen LogP contribution in [-0.4, -0.2) is 101 Å². The number of thioether (sulfide) groups is 1. The molecule has 0 radical (unpaired) electrons. The van der Waals surface area contributed by atoms with Crippen LogP contribution in [0.15, 0.2) is 152 Å². The van der Waals surface area contributed by atoms with Gasteiger partial charge in [0.05, 0.1) is 4.20 Å². The van der Waals surface area contributed by atoms with Crippen LogP contribution in [0.3, 0.4) is 0 Å². The van der Waals surface area contributed by atoms with Crippen LogP contribution in [0.1, 0.15) is 49.4 Å². The van der Waals surface area contributed by atoms with E-state index >= 15 is 0 Å². The van der Waals surface area contributed by atoms with Crippen molar-refractivity contribution in [3.8, 4) is 0 Å². The van der Waals surface area contributed by atoms with Gasteiger partial charge in [0.15, 0.2) is 0 Å². The molecule has 0 spiro atoms. The molecule has 0 aliphatic carbocycles. The van der Waals surface area contributed by atoms with E-state index in [2.05, 4.69) is 86.8 Å². The summed E-state index contributed by atoms with van der Waals surface area (Å²) < 4.78 is 19.5. The zero-order valence-corrected chi connectivity index (χ0v) is 48.1. The molecule has 0 amide bonds. The molecule has 60 heavy (non-hydrogen) atoms. The number of rotatable bonds is 11. The summed E-state index contributed by atoms with van der Waals surface area (Å²) in [7, 11) is 2.53. The van der Waals surface area contributed by atoms with Crippen molar-refractivity contribution >= 4 is 152 Å². The van der Waals surface area contributed by atoms with E-state index in [-0.39, 0.29) is 80.1 Å². The van der Waals surface area contributed by atoms with Crippen LogP contribution >= 0.6 is 72.2 Å². The van der Waals surface area contributed by atoms with Crippen molar-refractivity contribution < 1.29 is 47.2 Å². The molecular weight excluding hydrogens is 1050 g/mol. The van der Waals surface area contributed by atoms with Gasteiger partial charge in [-0.05, 0) is 65.3 Å². The third-order valence-corrected chi connectivity index (χ3v) is 11.4. The van der Waals surface area contributed by atoms with Gasteiger partial charge in [0, 0.05) is 37.6 Å². The Balaban J connectivity index is -0.000000147. The van der Waals surface area contributed by atoms with E-state index in [1.165, 1.54) is 24.0 Å². The number of alkyl halides is 1. The van der Waals surface area contributed by atoms with Crippen molar-refractivity contribution in [1.29, 1.82) is 0 Å². The molecule has 318 valence electrons. The fourth-order valence-electron chi connectivity index (χ4n) is 4.14. The molecule has 3 nitrogen and oxygen atoms in total. The van der Waals surface area contributed by atoms with E-state index in [1.54, 1.807) is 33.1 Å². The topological polar surface area (TPSA) is 27.7 Å². The molecule has 0 saturated heterocycles. The Morgan fingerprint density at radius 3 is 1.23 bits per heavy atom. The first-order chi connectivity index (χ1) is 27.2. The van der Waals surface area contributed by atoms with Gasteiger partial charge >= 0.3 is 54.9 Å². The monoisotopic (exact) mass is 1100 g/mol. The number of hydrogen-bond acceptors (Lipinski definition) is 9. The van der Waals surface area contributed by atoms with Crippen molar-refractivity contribution in [3.63, 3.8) is 0 Å². The molecule has 0 bridgehead atoms. The first-order valence-corrected chi connectivity index (χ1v) is 23.3. The number of hydrogen-bond donors (Lipinski definition) is 0. The Hall–Kier alpha value is -0.0506. The molecule has 0 aliphatic rings. The maximum atomic E-state index is 5.35. The molecule has 5 aromatic carbocycles. The SMILES string of the molecule is CCCc1ccccc1.CCCl.CCSC(=S)c1ccccc1.CO[Si](CCc1ccccc1)(OC)OC.S=C([S-])c1ccccc1.S=C=S.[Br-].[Br-].[Mg+2].[Mg+2].[c-]1ccccc1. The molecule has 0 aromatic heterocycles. The van der Waals surface area contributed by atoms with Gasteiger partial charge < -0.3 is 72.1 Å². The fourth-order valence-corrected chi connectivity index (χ4v) is 7.17. The molecule has 0 unspecified atom stereocenters. The van der Waals surface area contributed by atoms with Crippen LogP contribution in [0.5, 0.6) is 0 Å². The van der Waals surface area contributed by atoms with Crippen molar-refractivity contribution in [1.82, 2.24) is 0 Å². The fraction of sp³-hybridized carbons (Fsp3) is 0.267. The standard InChI is InChI=1S/C11H18O3Si.C9H10S2.C9H12.C7H6S2.C6H5.C2H5Cl.CS2.2BrH.2Mg/c1-12-15(13-2,14-3)10-9-11-7-5-4-6-8-11;1-2-11-9(10)8-6-4-3-5-7-8;1-2-6-9-7-4-3-5-8-9;8-7(9)6-4-2-1-3-5-6;1-2-4-6-5-3-1;1-2-3;2-1-3;;;;/h4-8H,9-10H2,1-3H3;3-7H,2H2,1H3;3-5,7-8H,2,6H2,1H3;1-5H,(H,8,9);1-5H;2H2,1H3;;2*1H;;/q;;;;-1;;;;;2*+2/p-3. The predicted octanol–water partition coefficient (Wildman–Crippen LogP) is 6.77. The second kappa shape index (κ2) is 53.3. The molecule has 5 aromatic rings. The molecule has 0 saturated carbocycles. The molecule has 0 atom stereocenters. The Kier molecular flexibility index (Phi) is 63.6. The van der Waals surface area contributed by atoms with Gasteiger partial charge in [0.2, 0.25) is 0 Å². The second-order valence-electron chi connectivity index (χ2n) is 10.7. The maximum Gasteiger partial charge on any atom is 2.00 e. The van der Waals surface area contributed by atoms with Crippen LogP contribution < -0.4 is 34.0 Å². The van der Waals surface area contributed by atoms with Crippen LogP contribution in [0, 0.1) is 6.07 Å². The molecular formula is C45H55Br2ClMg2O3S6Si. The average molecular weight is 1110 g/mol. The van der Waals surface area contributed by atoms with Gasteiger partial charge in [-0.3, -0.25) is 0 Å². The summed E-state index contributed by atoms with van der Waals surface area (Å²) in [5.41, 5.74) is 4.84.